The lowest BCUT2D eigenvalue weighted by atomic mass is 10.0. The fourth-order valence-electron chi connectivity index (χ4n) is 2.68. The first-order valence-electron chi connectivity index (χ1n) is 7.74. The number of carbonyl (C=O) groups excluding carboxylic acids is 1. The summed E-state index contributed by atoms with van der Waals surface area (Å²) >= 11 is 1.54. The van der Waals surface area contributed by atoms with Gasteiger partial charge in [0.1, 0.15) is 5.82 Å². The second kappa shape index (κ2) is 7.16. The Bertz CT molecular complexity index is 973. The van der Waals surface area contributed by atoms with Crippen molar-refractivity contribution in [2.24, 2.45) is 0 Å². The minimum absolute atomic E-state index is 0.00676. The molecule has 0 aliphatic carbocycles. The summed E-state index contributed by atoms with van der Waals surface area (Å²) in [5, 5.41) is 2.72. The van der Waals surface area contributed by atoms with Gasteiger partial charge in [0.15, 0.2) is 0 Å². The summed E-state index contributed by atoms with van der Waals surface area (Å²) in [4.78, 5) is 12.3. The largest absolute Gasteiger partial charge is 0.501 e. The third kappa shape index (κ3) is 3.96. The number of rotatable bonds is 3. The molecule has 1 aliphatic heterocycles. The van der Waals surface area contributed by atoms with Crippen LogP contribution in [0.3, 0.4) is 0 Å². The fraction of sp³-hybridized carbons (Fsp3) is 0.235. The van der Waals surface area contributed by atoms with Gasteiger partial charge in [-0.2, -0.15) is 13.2 Å². The number of sulfone groups is 1. The molecule has 27 heavy (non-hydrogen) atoms. The van der Waals surface area contributed by atoms with Gasteiger partial charge in [-0.25, -0.2) is 12.8 Å². The molecule has 144 valence electrons. The molecule has 0 fully saturated rings. The number of hydrogen-bond donors (Lipinski definition) is 1. The summed E-state index contributed by atoms with van der Waals surface area (Å²) in [5.41, 5.74) is -4.77. The number of carbonyl (C=O) groups is 1. The molecule has 1 aliphatic rings. The molecule has 2 aromatic rings. The highest BCUT2D eigenvalue weighted by atomic mass is 32.2. The Kier molecular flexibility index (Phi) is 5.22. The van der Waals surface area contributed by atoms with Gasteiger partial charge in [-0.05, 0) is 54.4 Å². The van der Waals surface area contributed by atoms with E-state index in [2.05, 4.69) is 5.32 Å². The van der Waals surface area contributed by atoms with Gasteiger partial charge in [-0.1, -0.05) is 0 Å². The maximum atomic E-state index is 13.5. The highest BCUT2D eigenvalue weighted by Gasteiger charge is 2.46. The monoisotopic (exact) mass is 419 g/mol. The average molecular weight is 419 g/mol. The Morgan fingerprint density at radius 3 is 2.41 bits per heavy atom. The smallest absolute Gasteiger partial charge is 0.345 e. The van der Waals surface area contributed by atoms with E-state index in [0.29, 0.717) is 17.7 Å². The van der Waals surface area contributed by atoms with E-state index in [4.69, 9.17) is 0 Å². The Hall–Kier alpha value is -2.07. The Balaban J connectivity index is 1.80. The number of amides is 1. The minimum atomic E-state index is -5.47. The molecular weight excluding hydrogens is 406 g/mol. The van der Waals surface area contributed by atoms with Crippen LogP contribution >= 0.6 is 11.8 Å². The molecule has 10 heteroatoms. The molecule has 1 heterocycles. The molecule has 1 unspecified atom stereocenters. The molecule has 1 atom stereocenters. The van der Waals surface area contributed by atoms with Crippen LogP contribution in [0.25, 0.3) is 0 Å². The van der Waals surface area contributed by atoms with Gasteiger partial charge in [0.25, 0.3) is 15.7 Å². The van der Waals surface area contributed by atoms with Crippen molar-refractivity contribution in [3.05, 3.63) is 59.4 Å². The summed E-state index contributed by atoms with van der Waals surface area (Å²) in [7, 11) is -5.47. The molecule has 0 saturated heterocycles. The number of fused-ring (bicyclic) bond motifs is 1. The second-order valence-corrected chi connectivity index (χ2v) is 8.90. The molecule has 3 rings (SSSR count). The number of nitrogens with one attached hydrogen (secondary N) is 1. The molecule has 0 radical (unpaired) electrons. The van der Waals surface area contributed by atoms with Gasteiger partial charge in [0.2, 0.25) is 0 Å². The van der Waals surface area contributed by atoms with Gasteiger partial charge in [0.05, 0.1) is 10.9 Å². The van der Waals surface area contributed by atoms with Gasteiger partial charge >= 0.3 is 5.51 Å². The SMILES string of the molecule is O=C(NC1CCSc2ccc(F)cc21)c1ccc(S(=O)(=O)C(F)(F)F)cc1. The maximum absolute atomic E-state index is 13.5. The van der Waals surface area contributed by atoms with Crippen molar-refractivity contribution in [1.29, 1.82) is 0 Å². The Morgan fingerprint density at radius 1 is 1.11 bits per heavy atom. The predicted octanol–water partition coefficient (Wildman–Crippen LogP) is 4.09. The minimum Gasteiger partial charge on any atom is -0.345 e. The summed E-state index contributed by atoms with van der Waals surface area (Å²) in [5.74, 6) is -0.304. The fourth-order valence-corrected chi connectivity index (χ4v) is 4.54. The van der Waals surface area contributed by atoms with Crippen molar-refractivity contribution in [1.82, 2.24) is 5.32 Å². The molecule has 0 aromatic heterocycles. The zero-order chi connectivity index (χ0) is 19.8. The second-order valence-electron chi connectivity index (χ2n) is 5.82. The van der Waals surface area contributed by atoms with Crippen molar-refractivity contribution >= 4 is 27.5 Å². The third-order valence-electron chi connectivity index (χ3n) is 4.05. The van der Waals surface area contributed by atoms with E-state index in [9.17, 15) is 30.8 Å². The van der Waals surface area contributed by atoms with Crippen molar-refractivity contribution in [2.45, 2.75) is 27.8 Å². The van der Waals surface area contributed by atoms with E-state index in [-0.39, 0.29) is 5.56 Å². The zero-order valence-corrected chi connectivity index (χ0v) is 15.2. The van der Waals surface area contributed by atoms with E-state index >= 15 is 0 Å². The van der Waals surface area contributed by atoms with Crippen molar-refractivity contribution in [2.75, 3.05) is 5.75 Å². The highest BCUT2D eigenvalue weighted by Crippen LogP contribution is 2.36. The number of halogens is 4. The average Bonchev–Trinajstić information content (AvgIpc) is 2.61. The first-order valence-corrected chi connectivity index (χ1v) is 10.2. The highest BCUT2D eigenvalue weighted by molar-refractivity contribution is 7.99. The van der Waals surface area contributed by atoms with Crippen LogP contribution in [0, 0.1) is 5.82 Å². The van der Waals surface area contributed by atoms with Crippen LogP contribution in [0.2, 0.25) is 0 Å². The molecule has 0 spiro atoms. The van der Waals surface area contributed by atoms with Gasteiger partial charge in [0, 0.05) is 16.2 Å². The van der Waals surface area contributed by atoms with Crippen LogP contribution in [0.1, 0.15) is 28.4 Å². The van der Waals surface area contributed by atoms with E-state index < -0.39 is 38.0 Å². The van der Waals surface area contributed by atoms with Crippen LogP contribution in [0.4, 0.5) is 17.6 Å². The molecule has 0 bridgehead atoms. The van der Waals surface area contributed by atoms with Crippen molar-refractivity contribution in [3.8, 4) is 0 Å². The summed E-state index contributed by atoms with van der Waals surface area (Å²) in [6.07, 6.45) is 0.563. The van der Waals surface area contributed by atoms with Crippen LogP contribution in [-0.4, -0.2) is 25.6 Å². The Morgan fingerprint density at radius 2 is 1.78 bits per heavy atom. The molecule has 0 saturated carbocycles. The number of thioether (sulfide) groups is 1. The molecule has 2 aromatic carbocycles. The Labute approximate surface area is 156 Å². The van der Waals surface area contributed by atoms with E-state index in [1.807, 2.05) is 0 Å². The lowest BCUT2D eigenvalue weighted by Gasteiger charge is -2.26. The summed E-state index contributed by atoms with van der Waals surface area (Å²) in [6.45, 7) is 0. The lowest BCUT2D eigenvalue weighted by molar-refractivity contribution is -0.0436. The van der Waals surface area contributed by atoms with Crippen LogP contribution < -0.4 is 5.32 Å². The summed E-state index contributed by atoms with van der Waals surface area (Å²) in [6, 6.07) is 7.36. The van der Waals surface area contributed by atoms with Gasteiger partial charge < -0.3 is 5.32 Å². The maximum Gasteiger partial charge on any atom is 0.501 e. The predicted molar refractivity (Wildman–Crippen MR) is 91.6 cm³/mol. The van der Waals surface area contributed by atoms with Crippen LogP contribution in [-0.2, 0) is 9.84 Å². The third-order valence-corrected chi connectivity index (χ3v) is 6.67. The van der Waals surface area contributed by atoms with Gasteiger partial charge in [-0.15, -0.1) is 11.8 Å². The van der Waals surface area contributed by atoms with E-state index in [1.54, 1.807) is 6.07 Å². The van der Waals surface area contributed by atoms with Crippen LogP contribution in [0.15, 0.2) is 52.3 Å². The van der Waals surface area contributed by atoms with E-state index in [1.165, 1.54) is 23.9 Å². The molecular formula is C17H13F4NO3S2. The topological polar surface area (TPSA) is 63.2 Å². The van der Waals surface area contributed by atoms with Crippen molar-refractivity contribution in [3.63, 3.8) is 0 Å². The van der Waals surface area contributed by atoms with Crippen molar-refractivity contribution < 1.29 is 30.8 Å². The quantitative estimate of drug-likeness (QED) is 0.762. The zero-order valence-electron chi connectivity index (χ0n) is 13.6. The van der Waals surface area contributed by atoms with E-state index in [0.717, 1.165) is 29.2 Å². The van der Waals surface area contributed by atoms with Gasteiger partial charge in [-0.3, -0.25) is 4.79 Å². The molecule has 1 N–H and O–H groups in total. The number of hydrogen-bond acceptors (Lipinski definition) is 4. The normalized spacial score (nSPS) is 17.3. The standard InChI is InChI=1S/C17H13F4NO3S2/c18-11-3-6-15-13(9-11)14(7-8-26-15)22-16(23)10-1-4-12(5-2-10)27(24,25)17(19,20)21/h1-6,9,14H,7-8H2,(H,22,23). The number of benzene rings is 2. The first-order chi connectivity index (χ1) is 12.6. The molecule has 4 nitrogen and oxygen atoms in total. The van der Waals surface area contributed by atoms with Crippen LogP contribution in [0.5, 0.6) is 0 Å². The first kappa shape index (κ1) is 19.7. The molecule has 1 amide bonds. The lowest BCUT2D eigenvalue weighted by Crippen LogP contribution is -2.30. The number of alkyl halides is 3. The summed E-state index contributed by atoms with van der Waals surface area (Å²) < 4.78 is 73.9.